The van der Waals surface area contributed by atoms with Crippen LogP contribution in [0.1, 0.15) is 11.1 Å². The number of hydrogen-bond donors (Lipinski definition) is 1. The largest absolute Gasteiger partial charge is 0.497 e. The highest BCUT2D eigenvalue weighted by molar-refractivity contribution is 5.85. The van der Waals surface area contributed by atoms with Gasteiger partial charge in [-0.2, -0.15) is 0 Å². The molecule has 0 bridgehead atoms. The fourth-order valence-corrected chi connectivity index (χ4v) is 2.78. The van der Waals surface area contributed by atoms with Crippen molar-refractivity contribution in [1.82, 2.24) is 4.57 Å². The van der Waals surface area contributed by atoms with Gasteiger partial charge < -0.3 is 15.0 Å². The van der Waals surface area contributed by atoms with Crippen LogP contribution in [0.3, 0.4) is 0 Å². The van der Waals surface area contributed by atoms with Gasteiger partial charge in [-0.05, 0) is 42.3 Å². The summed E-state index contributed by atoms with van der Waals surface area (Å²) in [5.74, 6) is 0.895. The summed E-state index contributed by atoms with van der Waals surface area (Å²) in [6.45, 7) is 1.51. The number of aromatic nitrogens is 1. The maximum atomic E-state index is 5.73. The molecule has 0 unspecified atom stereocenters. The number of methoxy groups -OCH3 is 1. The quantitative estimate of drug-likeness (QED) is 0.781. The first-order valence-corrected chi connectivity index (χ1v) is 7.21. The second kappa shape index (κ2) is 7.34. The monoisotopic (exact) mass is 316 g/mol. The molecule has 4 heteroatoms. The first-order chi connectivity index (χ1) is 10.3. The summed E-state index contributed by atoms with van der Waals surface area (Å²) >= 11 is 0. The van der Waals surface area contributed by atoms with E-state index >= 15 is 0 Å². The molecule has 0 saturated carbocycles. The topological polar surface area (TPSA) is 40.2 Å². The third-order valence-corrected chi connectivity index (χ3v) is 3.77. The molecule has 22 heavy (non-hydrogen) atoms. The fourth-order valence-electron chi connectivity index (χ4n) is 2.78. The Hall–Kier alpha value is -1.97. The molecule has 0 fully saturated rings. The van der Waals surface area contributed by atoms with E-state index in [1.165, 1.54) is 22.0 Å². The summed E-state index contributed by atoms with van der Waals surface area (Å²) < 4.78 is 7.58. The van der Waals surface area contributed by atoms with Crippen LogP contribution in [0.2, 0.25) is 0 Å². The first-order valence-electron chi connectivity index (χ1n) is 7.21. The molecule has 2 aromatic carbocycles. The molecule has 2 N–H and O–H groups in total. The van der Waals surface area contributed by atoms with E-state index in [0.29, 0.717) is 6.54 Å². The Morgan fingerprint density at radius 2 is 1.91 bits per heavy atom. The Morgan fingerprint density at radius 1 is 1.09 bits per heavy atom. The second-order valence-electron chi connectivity index (χ2n) is 5.19. The number of rotatable bonds is 5. The number of para-hydroxylation sites is 1. The van der Waals surface area contributed by atoms with Gasteiger partial charge in [0.25, 0.3) is 0 Å². The van der Waals surface area contributed by atoms with E-state index in [1.807, 2.05) is 12.1 Å². The lowest BCUT2D eigenvalue weighted by Gasteiger charge is -2.07. The minimum Gasteiger partial charge on any atom is -0.497 e. The molecule has 0 aliphatic carbocycles. The smallest absolute Gasteiger partial charge is 0.119 e. The molecular weight excluding hydrogens is 296 g/mol. The van der Waals surface area contributed by atoms with Crippen LogP contribution in [-0.4, -0.2) is 18.2 Å². The predicted octanol–water partition coefficient (Wildman–Crippen LogP) is 3.62. The van der Waals surface area contributed by atoms with Crippen LogP contribution in [-0.2, 0) is 13.0 Å². The van der Waals surface area contributed by atoms with Gasteiger partial charge in [0.05, 0.1) is 7.11 Å². The average molecular weight is 317 g/mol. The third kappa shape index (κ3) is 3.26. The van der Waals surface area contributed by atoms with Crippen LogP contribution >= 0.6 is 12.4 Å². The highest BCUT2D eigenvalue weighted by atomic mass is 35.5. The molecule has 1 heterocycles. The number of fused-ring (bicyclic) bond motifs is 1. The lowest BCUT2D eigenvalue weighted by Crippen LogP contribution is -2.02. The van der Waals surface area contributed by atoms with Crippen LogP contribution in [0, 0.1) is 0 Å². The second-order valence-corrected chi connectivity index (χ2v) is 5.19. The minimum absolute atomic E-state index is 0. The van der Waals surface area contributed by atoms with Crippen LogP contribution in [0.15, 0.2) is 54.7 Å². The average Bonchev–Trinajstić information content (AvgIpc) is 2.86. The normalized spacial score (nSPS) is 10.5. The Morgan fingerprint density at radius 3 is 2.68 bits per heavy atom. The summed E-state index contributed by atoms with van der Waals surface area (Å²) in [5, 5.41) is 1.30. The molecule has 0 amide bonds. The van der Waals surface area contributed by atoms with Crippen LogP contribution in [0.5, 0.6) is 5.75 Å². The number of benzene rings is 2. The molecule has 3 nitrogen and oxygen atoms in total. The van der Waals surface area contributed by atoms with Gasteiger partial charge in [0.1, 0.15) is 5.75 Å². The number of nitrogens with zero attached hydrogens (tertiary/aromatic N) is 1. The molecule has 116 valence electrons. The number of nitrogens with two attached hydrogens (primary N) is 1. The van der Waals surface area contributed by atoms with E-state index in [4.69, 9.17) is 10.5 Å². The zero-order chi connectivity index (χ0) is 14.7. The Balaban J connectivity index is 0.00000176. The van der Waals surface area contributed by atoms with Crippen molar-refractivity contribution >= 4 is 23.3 Å². The van der Waals surface area contributed by atoms with Gasteiger partial charge in [0, 0.05) is 23.6 Å². The summed E-state index contributed by atoms with van der Waals surface area (Å²) in [6.07, 6.45) is 3.13. The molecule has 0 radical (unpaired) electrons. The standard InChI is InChI=1S/C18H20N2O.ClH/c1-21-16-6-4-5-14(11-16)12-20-13-15(9-10-19)17-7-2-3-8-18(17)20;/h2-8,11,13H,9-10,12,19H2,1H3;1H. The molecule has 0 atom stereocenters. The molecule has 1 aromatic heterocycles. The van der Waals surface area contributed by atoms with Crippen molar-refractivity contribution < 1.29 is 4.74 Å². The highest BCUT2D eigenvalue weighted by Crippen LogP contribution is 2.23. The van der Waals surface area contributed by atoms with Crippen LogP contribution < -0.4 is 10.5 Å². The van der Waals surface area contributed by atoms with Crippen molar-refractivity contribution in [3.8, 4) is 5.75 Å². The Bertz CT molecular complexity index is 752. The van der Waals surface area contributed by atoms with Gasteiger partial charge in [-0.1, -0.05) is 30.3 Å². The van der Waals surface area contributed by atoms with Crippen molar-refractivity contribution in [2.75, 3.05) is 13.7 Å². The van der Waals surface area contributed by atoms with Crippen molar-refractivity contribution in [3.63, 3.8) is 0 Å². The highest BCUT2D eigenvalue weighted by Gasteiger charge is 2.08. The SMILES string of the molecule is COc1cccc(Cn2cc(CCN)c3ccccc32)c1.Cl. The van der Waals surface area contributed by atoms with Gasteiger partial charge in [0.15, 0.2) is 0 Å². The maximum Gasteiger partial charge on any atom is 0.119 e. The lowest BCUT2D eigenvalue weighted by atomic mass is 10.1. The van der Waals surface area contributed by atoms with Crippen LogP contribution in [0.25, 0.3) is 10.9 Å². The minimum atomic E-state index is 0. The third-order valence-electron chi connectivity index (χ3n) is 3.77. The summed E-state index contributed by atoms with van der Waals surface area (Å²) in [7, 11) is 1.70. The Kier molecular flexibility index (Phi) is 5.47. The van der Waals surface area contributed by atoms with Gasteiger partial charge in [0.2, 0.25) is 0 Å². The van der Waals surface area contributed by atoms with E-state index < -0.39 is 0 Å². The van der Waals surface area contributed by atoms with E-state index in [-0.39, 0.29) is 12.4 Å². The molecule has 3 rings (SSSR count). The number of halogens is 1. The van der Waals surface area contributed by atoms with Gasteiger partial charge in [-0.15, -0.1) is 12.4 Å². The van der Waals surface area contributed by atoms with E-state index in [0.717, 1.165) is 18.7 Å². The van der Waals surface area contributed by atoms with Crippen molar-refractivity contribution in [3.05, 3.63) is 65.9 Å². The van der Waals surface area contributed by atoms with E-state index in [1.54, 1.807) is 7.11 Å². The van der Waals surface area contributed by atoms with Gasteiger partial charge >= 0.3 is 0 Å². The lowest BCUT2D eigenvalue weighted by molar-refractivity contribution is 0.414. The number of hydrogen-bond acceptors (Lipinski definition) is 2. The predicted molar refractivity (Wildman–Crippen MR) is 94.0 cm³/mol. The van der Waals surface area contributed by atoms with E-state index in [9.17, 15) is 0 Å². The molecule has 0 aliphatic heterocycles. The Labute approximate surface area is 137 Å². The fraction of sp³-hybridized carbons (Fsp3) is 0.222. The summed E-state index contributed by atoms with van der Waals surface area (Å²) in [5.41, 5.74) is 9.53. The molecule has 0 aliphatic rings. The summed E-state index contributed by atoms with van der Waals surface area (Å²) in [4.78, 5) is 0. The summed E-state index contributed by atoms with van der Waals surface area (Å²) in [6, 6.07) is 16.7. The number of ether oxygens (including phenoxy) is 1. The van der Waals surface area contributed by atoms with Gasteiger partial charge in [-0.3, -0.25) is 0 Å². The first kappa shape index (κ1) is 16.4. The van der Waals surface area contributed by atoms with Crippen LogP contribution in [0.4, 0.5) is 0 Å². The molecule has 0 spiro atoms. The maximum absolute atomic E-state index is 5.73. The van der Waals surface area contributed by atoms with E-state index in [2.05, 4.69) is 47.2 Å². The zero-order valence-electron chi connectivity index (χ0n) is 12.7. The van der Waals surface area contributed by atoms with Crippen molar-refractivity contribution in [1.29, 1.82) is 0 Å². The van der Waals surface area contributed by atoms with Gasteiger partial charge in [-0.25, -0.2) is 0 Å². The molecular formula is C18H21ClN2O. The zero-order valence-corrected chi connectivity index (χ0v) is 13.5. The van der Waals surface area contributed by atoms with Crippen molar-refractivity contribution in [2.45, 2.75) is 13.0 Å². The molecule has 3 aromatic rings. The molecule has 0 saturated heterocycles. The van der Waals surface area contributed by atoms with Crippen molar-refractivity contribution in [2.24, 2.45) is 5.73 Å².